The normalized spacial score (nSPS) is 20.7. The Labute approximate surface area is 60.7 Å². The fourth-order valence-electron chi connectivity index (χ4n) is 0.783. The van der Waals surface area contributed by atoms with Crippen molar-refractivity contribution in [1.29, 1.82) is 0 Å². The van der Waals surface area contributed by atoms with Gasteiger partial charge in [-0.2, -0.15) is 4.99 Å². The number of hydrogen-bond acceptors (Lipinski definition) is 4. The molecule has 6 heteroatoms. The molecule has 0 bridgehead atoms. The molecule has 0 fully saturated rings. The Bertz CT molecular complexity index is 338. The molecule has 0 atom stereocenters. The van der Waals surface area contributed by atoms with E-state index in [1.807, 2.05) is 5.32 Å². The molecule has 2 heterocycles. The van der Waals surface area contributed by atoms with Crippen LogP contribution in [0.5, 0.6) is 0 Å². The maximum atomic E-state index is 10.9. The van der Waals surface area contributed by atoms with E-state index in [0.717, 1.165) is 0 Å². The summed E-state index contributed by atoms with van der Waals surface area (Å²) in [6.07, 6.45) is 1.19. The first-order valence-corrected chi connectivity index (χ1v) is 2.82. The zero-order chi connectivity index (χ0) is 7.84. The van der Waals surface area contributed by atoms with E-state index in [-0.39, 0.29) is 11.5 Å². The van der Waals surface area contributed by atoms with Crippen molar-refractivity contribution >= 4 is 29.8 Å². The fraction of sp³-hybridized carbons (Fsp3) is 0. The molecular formula is C5H2N4O2. The van der Waals surface area contributed by atoms with Crippen LogP contribution < -0.4 is 5.32 Å². The second-order valence-electron chi connectivity index (χ2n) is 1.92. The highest BCUT2D eigenvalue weighted by Gasteiger charge is 2.27. The zero-order valence-corrected chi connectivity index (χ0v) is 5.24. The first-order valence-electron chi connectivity index (χ1n) is 2.82. The molecule has 6 nitrogen and oxygen atoms in total. The summed E-state index contributed by atoms with van der Waals surface area (Å²) in [6, 6.07) is -0.692. The van der Waals surface area contributed by atoms with E-state index in [1.54, 1.807) is 0 Å². The van der Waals surface area contributed by atoms with Gasteiger partial charge in [0.25, 0.3) is 5.91 Å². The van der Waals surface area contributed by atoms with Crippen LogP contribution in [-0.4, -0.2) is 29.8 Å². The monoisotopic (exact) mass is 152 g/mol. The summed E-state index contributed by atoms with van der Waals surface area (Å²) in [6.45, 7) is 0. The summed E-state index contributed by atoms with van der Waals surface area (Å²) in [5.74, 6) is -0.448. The lowest BCUT2D eigenvalue weighted by atomic mass is 10.3. The number of carbonyl (C=O) groups is 2. The van der Waals surface area contributed by atoms with E-state index in [1.165, 1.54) is 6.34 Å². The molecular weight excluding hydrogens is 150 g/mol. The predicted molar refractivity (Wildman–Crippen MR) is 36.9 cm³/mol. The lowest BCUT2D eigenvalue weighted by Crippen LogP contribution is -2.41. The van der Waals surface area contributed by atoms with Crippen LogP contribution in [0.4, 0.5) is 4.79 Å². The molecule has 0 radical (unpaired) electrons. The van der Waals surface area contributed by atoms with Crippen molar-refractivity contribution in [3.8, 4) is 0 Å². The highest BCUT2D eigenvalue weighted by molar-refractivity contribution is 6.71. The number of urea groups is 1. The summed E-state index contributed by atoms with van der Waals surface area (Å²) >= 11 is 0. The van der Waals surface area contributed by atoms with Crippen LogP contribution in [0, 0.1) is 0 Å². The van der Waals surface area contributed by atoms with E-state index in [9.17, 15) is 9.59 Å². The lowest BCUT2D eigenvalue weighted by molar-refractivity contribution is -0.113. The van der Waals surface area contributed by atoms with Gasteiger partial charge in [0.2, 0.25) is 0 Å². The van der Waals surface area contributed by atoms with Gasteiger partial charge in [0, 0.05) is 0 Å². The average molecular weight is 152 g/mol. The molecule has 0 aromatic rings. The molecule has 0 saturated heterocycles. The Hall–Kier alpha value is -1.85. The van der Waals surface area contributed by atoms with E-state index >= 15 is 0 Å². The lowest BCUT2D eigenvalue weighted by Gasteiger charge is -2.05. The van der Waals surface area contributed by atoms with Gasteiger partial charge in [0.15, 0.2) is 11.5 Å². The van der Waals surface area contributed by atoms with E-state index < -0.39 is 11.9 Å². The van der Waals surface area contributed by atoms with Gasteiger partial charge in [-0.05, 0) is 0 Å². The maximum absolute atomic E-state index is 10.9. The number of nitrogens with one attached hydrogen (secondary N) is 1. The Morgan fingerprint density at radius 1 is 1.36 bits per heavy atom. The third kappa shape index (κ3) is 0.759. The molecule has 2 aliphatic heterocycles. The molecule has 0 aliphatic carbocycles. The predicted octanol–water partition coefficient (Wildman–Crippen LogP) is -0.882. The Morgan fingerprint density at radius 3 is 3.00 bits per heavy atom. The zero-order valence-electron chi connectivity index (χ0n) is 5.24. The van der Waals surface area contributed by atoms with Crippen LogP contribution in [0.2, 0.25) is 0 Å². The van der Waals surface area contributed by atoms with Crippen LogP contribution in [0.3, 0.4) is 0 Å². The molecule has 0 saturated carbocycles. The third-order valence-corrected chi connectivity index (χ3v) is 1.22. The van der Waals surface area contributed by atoms with Crippen LogP contribution in [0.15, 0.2) is 15.0 Å². The fourth-order valence-corrected chi connectivity index (χ4v) is 0.783. The molecule has 0 aromatic carbocycles. The van der Waals surface area contributed by atoms with Crippen molar-refractivity contribution in [2.75, 3.05) is 0 Å². The van der Waals surface area contributed by atoms with Gasteiger partial charge in [-0.15, -0.1) is 0 Å². The number of imide groups is 1. The highest BCUT2D eigenvalue weighted by Crippen LogP contribution is 2.00. The number of carbonyl (C=O) groups excluding carboxylic acids is 2. The van der Waals surface area contributed by atoms with Crippen molar-refractivity contribution < 1.29 is 9.59 Å². The molecule has 11 heavy (non-hydrogen) atoms. The van der Waals surface area contributed by atoms with Crippen molar-refractivity contribution in [1.82, 2.24) is 5.32 Å². The van der Waals surface area contributed by atoms with Gasteiger partial charge in [0.1, 0.15) is 6.34 Å². The third-order valence-electron chi connectivity index (χ3n) is 1.22. The van der Waals surface area contributed by atoms with Gasteiger partial charge < -0.3 is 0 Å². The molecule has 0 unspecified atom stereocenters. The molecule has 2 rings (SSSR count). The van der Waals surface area contributed by atoms with Crippen molar-refractivity contribution in [3.63, 3.8) is 0 Å². The number of rotatable bonds is 0. The minimum absolute atomic E-state index is 0.0961. The quantitative estimate of drug-likeness (QED) is 0.457. The van der Waals surface area contributed by atoms with Gasteiger partial charge in [-0.3, -0.25) is 10.1 Å². The Morgan fingerprint density at radius 2 is 2.18 bits per heavy atom. The summed E-state index contributed by atoms with van der Waals surface area (Å²) in [5.41, 5.74) is 0.101. The summed E-state index contributed by atoms with van der Waals surface area (Å²) in [7, 11) is 0. The maximum Gasteiger partial charge on any atom is 0.350 e. The number of hydrogen-bond donors (Lipinski definition) is 1. The Balaban J connectivity index is 2.53. The topological polar surface area (TPSA) is 83.2 Å². The van der Waals surface area contributed by atoms with E-state index in [0.29, 0.717) is 0 Å². The Kier molecular flexibility index (Phi) is 0.974. The SMILES string of the molecule is O=C1[15N]=C2N=CN=C2C(=O)[15NH]1. The second kappa shape index (κ2) is 1.82. The van der Waals surface area contributed by atoms with Gasteiger partial charge in [0.05, 0.1) is 0 Å². The molecule has 2 aliphatic rings. The highest BCUT2D eigenvalue weighted by atomic mass is 16.3. The van der Waals surface area contributed by atoms with Crippen LogP contribution in [0.25, 0.3) is 0 Å². The average Bonchev–Trinajstić information content (AvgIpc) is 2.34. The van der Waals surface area contributed by atoms with Crippen LogP contribution >= 0.6 is 0 Å². The van der Waals surface area contributed by atoms with E-state index in [4.69, 9.17) is 0 Å². The number of aliphatic imine (C=N–C) groups is 3. The largest absolute Gasteiger partial charge is 0.350 e. The first kappa shape index (κ1) is 5.90. The summed E-state index contributed by atoms with van der Waals surface area (Å²) in [4.78, 5) is 32.0. The number of amides is 3. The minimum Gasteiger partial charge on any atom is -0.271 e. The molecule has 1 N–H and O–H groups in total. The van der Waals surface area contributed by atoms with Crippen molar-refractivity contribution in [3.05, 3.63) is 0 Å². The number of fused-ring (bicyclic) bond motifs is 1. The molecule has 3 amide bonds. The standard InChI is InChI=1S/C5H2N4O2/c10-4-2-3(7-1-6-2)8-5(11)9-4/h1H,(H,9,10,11)/i8+1,9+1. The summed E-state index contributed by atoms with van der Waals surface area (Å²) < 4.78 is 0. The second-order valence-corrected chi connectivity index (χ2v) is 1.92. The van der Waals surface area contributed by atoms with Crippen LogP contribution in [-0.2, 0) is 4.79 Å². The smallest absolute Gasteiger partial charge is 0.271 e. The number of nitrogens with zero attached hydrogens (tertiary/aromatic N) is 3. The summed E-state index contributed by atoms with van der Waals surface area (Å²) in [5, 5.41) is 1.97. The molecule has 54 valence electrons. The first-order chi connectivity index (χ1) is 5.27. The van der Waals surface area contributed by atoms with Crippen molar-refractivity contribution in [2.45, 2.75) is 0 Å². The van der Waals surface area contributed by atoms with Gasteiger partial charge in [-0.1, -0.05) is 0 Å². The molecule has 0 aromatic heterocycles. The van der Waals surface area contributed by atoms with Crippen LogP contribution in [0.1, 0.15) is 0 Å². The minimum atomic E-state index is -0.692. The molecule has 0 spiro atoms. The van der Waals surface area contributed by atoms with Crippen molar-refractivity contribution in [2.24, 2.45) is 15.0 Å². The van der Waals surface area contributed by atoms with Gasteiger partial charge >= 0.3 is 6.03 Å². The van der Waals surface area contributed by atoms with Gasteiger partial charge in [-0.25, -0.2) is 14.8 Å². The number of amidine groups is 1. The van der Waals surface area contributed by atoms with E-state index in [2.05, 4.69) is 15.0 Å².